The molecule has 2 N–H and O–H groups in total. The zero-order valence-electron chi connectivity index (χ0n) is 9.53. The second-order valence-electron chi connectivity index (χ2n) is 3.61. The summed E-state index contributed by atoms with van der Waals surface area (Å²) in [5, 5.41) is 0. The summed E-state index contributed by atoms with van der Waals surface area (Å²) in [7, 11) is 0. The number of benzene rings is 1. The highest BCUT2D eigenvalue weighted by atomic mass is 14.5. The largest absolute Gasteiger partial charge is 0.330 e. The zero-order chi connectivity index (χ0) is 11.1. The maximum atomic E-state index is 5.58. The minimum Gasteiger partial charge on any atom is -0.330 e. The molecule has 0 atom stereocenters. The minimum absolute atomic E-state index is 0.696. The first kappa shape index (κ1) is 11.7. The van der Waals surface area contributed by atoms with E-state index in [9.17, 15) is 0 Å². The first-order valence-corrected chi connectivity index (χ1v) is 5.37. The molecule has 0 unspecified atom stereocenters. The van der Waals surface area contributed by atoms with Crippen molar-refractivity contribution in [2.24, 2.45) is 5.73 Å². The van der Waals surface area contributed by atoms with Gasteiger partial charge >= 0.3 is 0 Å². The Bertz CT molecular complexity index is 361. The molecular formula is C14H19N. The van der Waals surface area contributed by atoms with Gasteiger partial charge in [-0.25, -0.2) is 0 Å². The number of hydrogen-bond donors (Lipinski definition) is 1. The second kappa shape index (κ2) is 6.20. The van der Waals surface area contributed by atoms with Crippen LogP contribution < -0.4 is 5.73 Å². The van der Waals surface area contributed by atoms with Gasteiger partial charge in [0.2, 0.25) is 0 Å². The van der Waals surface area contributed by atoms with E-state index in [1.807, 2.05) is 6.92 Å². The van der Waals surface area contributed by atoms with E-state index in [-0.39, 0.29) is 0 Å². The molecule has 0 heterocycles. The molecule has 1 heteroatoms. The lowest BCUT2D eigenvalue weighted by atomic mass is 10.0. The third-order valence-electron chi connectivity index (χ3n) is 2.34. The van der Waals surface area contributed by atoms with Crippen LogP contribution in [0.15, 0.2) is 42.0 Å². The first-order valence-electron chi connectivity index (χ1n) is 5.37. The van der Waals surface area contributed by atoms with Crippen molar-refractivity contribution in [2.75, 3.05) is 6.54 Å². The molecular weight excluding hydrogens is 182 g/mol. The van der Waals surface area contributed by atoms with Crippen molar-refractivity contribution >= 4 is 6.08 Å². The van der Waals surface area contributed by atoms with E-state index >= 15 is 0 Å². The highest BCUT2D eigenvalue weighted by Gasteiger charge is 1.95. The van der Waals surface area contributed by atoms with Gasteiger partial charge in [-0.15, -0.1) is 0 Å². The van der Waals surface area contributed by atoms with Gasteiger partial charge in [0.25, 0.3) is 0 Å². The fourth-order valence-electron chi connectivity index (χ4n) is 1.53. The Kier molecular flexibility index (Phi) is 4.85. The molecule has 15 heavy (non-hydrogen) atoms. The first-order chi connectivity index (χ1) is 7.27. The molecule has 0 aliphatic heterocycles. The Labute approximate surface area is 92.3 Å². The van der Waals surface area contributed by atoms with Crippen LogP contribution in [0.3, 0.4) is 0 Å². The number of hydrogen-bond acceptors (Lipinski definition) is 1. The van der Waals surface area contributed by atoms with Crippen LogP contribution in [0.25, 0.3) is 6.08 Å². The smallest absolute Gasteiger partial charge is 0.00367 e. The normalized spacial score (nSPS) is 12.3. The Morgan fingerprint density at radius 2 is 2.07 bits per heavy atom. The summed E-state index contributed by atoms with van der Waals surface area (Å²) in [5.74, 6) is 0. The predicted octanol–water partition coefficient (Wildman–Crippen LogP) is 3.30. The highest BCUT2D eigenvalue weighted by Crippen LogP contribution is 2.14. The topological polar surface area (TPSA) is 26.0 Å². The molecule has 0 saturated carbocycles. The van der Waals surface area contributed by atoms with Crippen molar-refractivity contribution in [3.05, 3.63) is 53.1 Å². The molecule has 0 radical (unpaired) electrons. The maximum absolute atomic E-state index is 5.58. The predicted molar refractivity (Wildman–Crippen MR) is 67.6 cm³/mol. The monoisotopic (exact) mass is 201 g/mol. The number of rotatable bonds is 4. The van der Waals surface area contributed by atoms with Gasteiger partial charge in [0, 0.05) is 0 Å². The summed E-state index contributed by atoms with van der Waals surface area (Å²) in [6.45, 7) is 4.85. The van der Waals surface area contributed by atoms with Crippen molar-refractivity contribution in [1.82, 2.24) is 0 Å². The molecule has 80 valence electrons. The zero-order valence-corrected chi connectivity index (χ0v) is 9.53. The number of nitrogens with two attached hydrogens (primary N) is 1. The molecule has 0 aliphatic carbocycles. The summed E-state index contributed by atoms with van der Waals surface area (Å²) in [6.07, 6.45) is 7.32. The molecule has 0 aromatic heterocycles. The van der Waals surface area contributed by atoms with Crippen LogP contribution >= 0.6 is 0 Å². The van der Waals surface area contributed by atoms with Crippen molar-refractivity contribution in [3.63, 3.8) is 0 Å². The molecule has 0 saturated heterocycles. The van der Waals surface area contributed by atoms with Crippen LogP contribution in [-0.4, -0.2) is 6.54 Å². The van der Waals surface area contributed by atoms with E-state index in [0.717, 1.165) is 6.42 Å². The third kappa shape index (κ3) is 3.72. The molecule has 1 nitrogen and oxygen atoms in total. The lowest BCUT2D eigenvalue weighted by Crippen LogP contribution is -1.99. The molecule has 0 aliphatic rings. The van der Waals surface area contributed by atoms with Crippen molar-refractivity contribution in [1.29, 1.82) is 0 Å². The van der Waals surface area contributed by atoms with E-state index in [4.69, 9.17) is 5.73 Å². The van der Waals surface area contributed by atoms with E-state index in [2.05, 4.69) is 49.4 Å². The van der Waals surface area contributed by atoms with Crippen LogP contribution in [0.4, 0.5) is 0 Å². The van der Waals surface area contributed by atoms with Gasteiger partial charge in [-0.1, -0.05) is 42.5 Å². The van der Waals surface area contributed by atoms with Gasteiger partial charge in [-0.05, 0) is 43.5 Å². The van der Waals surface area contributed by atoms with Gasteiger partial charge in [0.15, 0.2) is 0 Å². The van der Waals surface area contributed by atoms with Crippen LogP contribution in [0.2, 0.25) is 0 Å². The van der Waals surface area contributed by atoms with Gasteiger partial charge in [0.05, 0.1) is 0 Å². The number of allylic oxidation sites excluding steroid dienone is 2. The maximum Gasteiger partial charge on any atom is -0.00367 e. The lowest BCUT2D eigenvalue weighted by molar-refractivity contribution is 0.978. The minimum atomic E-state index is 0.696. The summed E-state index contributed by atoms with van der Waals surface area (Å²) < 4.78 is 0. The van der Waals surface area contributed by atoms with Crippen LogP contribution in [0.1, 0.15) is 24.5 Å². The van der Waals surface area contributed by atoms with E-state index in [0.29, 0.717) is 6.54 Å². The fourth-order valence-corrected chi connectivity index (χ4v) is 1.53. The summed E-state index contributed by atoms with van der Waals surface area (Å²) in [5.41, 5.74) is 9.44. The molecule has 0 fully saturated rings. The quantitative estimate of drug-likeness (QED) is 0.743. The molecule has 0 bridgehead atoms. The Morgan fingerprint density at radius 1 is 1.33 bits per heavy atom. The number of aryl methyl sites for hydroxylation is 1. The van der Waals surface area contributed by atoms with Crippen molar-refractivity contribution in [2.45, 2.75) is 20.3 Å². The standard InChI is InChI=1S/C14H19N/c1-3-6-13(9-10-15)11-14-8-5-4-7-12(14)2/h3-8,11H,9-10,15H2,1-2H3/b6-3+,13-11+. The Balaban J connectivity index is 2.96. The molecule has 1 aromatic rings. The fraction of sp³-hybridized carbons (Fsp3) is 0.286. The van der Waals surface area contributed by atoms with E-state index in [1.54, 1.807) is 0 Å². The average Bonchev–Trinajstić information content (AvgIpc) is 2.22. The van der Waals surface area contributed by atoms with Crippen LogP contribution in [0, 0.1) is 6.92 Å². The van der Waals surface area contributed by atoms with Crippen LogP contribution in [-0.2, 0) is 0 Å². The average molecular weight is 201 g/mol. The molecule has 0 amide bonds. The van der Waals surface area contributed by atoms with Gasteiger partial charge in [-0.3, -0.25) is 0 Å². The lowest BCUT2D eigenvalue weighted by Gasteiger charge is -2.03. The van der Waals surface area contributed by atoms with Gasteiger partial charge in [0.1, 0.15) is 0 Å². The van der Waals surface area contributed by atoms with Crippen molar-refractivity contribution < 1.29 is 0 Å². The summed E-state index contributed by atoms with van der Waals surface area (Å²) in [4.78, 5) is 0. The van der Waals surface area contributed by atoms with E-state index < -0.39 is 0 Å². The summed E-state index contributed by atoms with van der Waals surface area (Å²) >= 11 is 0. The Hall–Kier alpha value is -1.34. The molecule has 1 rings (SSSR count). The summed E-state index contributed by atoms with van der Waals surface area (Å²) in [6, 6.07) is 8.39. The molecule has 1 aromatic carbocycles. The third-order valence-corrected chi connectivity index (χ3v) is 2.34. The Morgan fingerprint density at radius 3 is 2.67 bits per heavy atom. The van der Waals surface area contributed by atoms with Crippen LogP contribution in [0.5, 0.6) is 0 Å². The van der Waals surface area contributed by atoms with Gasteiger partial charge < -0.3 is 5.73 Å². The molecule has 0 spiro atoms. The van der Waals surface area contributed by atoms with Gasteiger partial charge in [-0.2, -0.15) is 0 Å². The van der Waals surface area contributed by atoms with Crippen molar-refractivity contribution in [3.8, 4) is 0 Å². The SMILES string of the molecule is C/C=C/C(=C\c1ccccc1C)CCN. The highest BCUT2D eigenvalue weighted by molar-refractivity contribution is 5.58. The second-order valence-corrected chi connectivity index (χ2v) is 3.61. The van der Waals surface area contributed by atoms with E-state index in [1.165, 1.54) is 16.7 Å².